The van der Waals surface area contributed by atoms with E-state index in [-0.39, 0.29) is 17.6 Å². The summed E-state index contributed by atoms with van der Waals surface area (Å²) in [6.45, 7) is 3.83. The number of ketones is 1. The lowest BCUT2D eigenvalue weighted by atomic mass is 10.1. The van der Waals surface area contributed by atoms with Crippen LogP contribution < -0.4 is 4.74 Å². The number of halogens is 1. The SMILES string of the molecule is Cc1[nH]c2ccccc2c1C(=O)[C@@H](C)Sc1nnc(COc2ccccc2Cl)o1. The van der Waals surface area contributed by atoms with Crippen LogP contribution in [0.25, 0.3) is 10.9 Å². The molecule has 0 spiro atoms. The second kappa shape index (κ2) is 8.31. The molecule has 148 valence electrons. The highest BCUT2D eigenvalue weighted by Crippen LogP contribution is 2.30. The molecule has 0 saturated carbocycles. The van der Waals surface area contributed by atoms with Gasteiger partial charge in [0.2, 0.25) is 0 Å². The molecule has 0 bridgehead atoms. The van der Waals surface area contributed by atoms with Crippen LogP contribution in [-0.2, 0) is 6.61 Å². The van der Waals surface area contributed by atoms with Crippen LogP contribution in [0.1, 0.15) is 28.9 Å². The van der Waals surface area contributed by atoms with E-state index in [0.29, 0.717) is 27.4 Å². The van der Waals surface area contributed by atoms with Gasteiger partial charge >= 0.3 is 0 Å². The van der Waals surface area contributed by atoms with Crippen molar-refractivity contribution >= 4 is 40.0 Å². The lowest BCUT2D eigenvalue weighted by molar-refractivity contribution is 0.0994. The van der Waals surface area contributed by atoms with Crippen molar-refractivity contribution in [1.82, 2.24) is 15.2 Å². The van der Waals surface area contributed by atoms with Crippen LogP contribution in [0.5, 0.6) is 5.75 Å². The van der Waals surface area contributed by atoms with Crippen molar-refractivity contribution in [3.63, 3.8) is 0 Å². The van der Waals surface area contributed by atoms with E-state index in [1.165, 1.54) is 11.8 Å². The number of carbonyl (C=O) groups is 1. The minimum atomic E-state index is -0.384. The van der Waals surface area contributed by atoms with Crippen LogP contribution in [-0.4, -0.2) is 26.2 Å². The number of hydrogen-bond donors (Lipinski definition) is 1. The number of nitrogens with zero attached hydrogens (tertiary/aromatic N) is 2. The average Bonchev–Trinajstić information content (AvgIpc) is 3.29. The maximum absolute atomic E-state index is 13.0. The lowest BCUT2D eigenvalue weighted by Gasteiger charge is -2.08. The molecule has 1 N–H and O–H groups in total. The van der Waals surface area contributed by atoms with Crippen molar-refractivity contribution < 1.29 is 13.9 Å². The van der Waals surface area contributed by atoms with Crippen LogP contribution in [0.4, 0.5) is 0 Å². The minimum Gasteiger partial charge on any atom is -0.482 e. The molecule has 0 aliphatic carbocycles. The van der Waals surface area contributed by atoms with Gasteiger partial charge in [-0.15, -0.1) is 10.2 Å². The first-order chi connectivity index (χ1) is 14.0. The first-order valence-corrected chi connectivity index (χ1v) is 10.3. The van der Waals surface area contributed by atoms with Gasteiger partial charge in [0.15, 0.2) is 12.4 Å². The van der Waals surface area contributed by atoms with Crippen molar-refractivity contribution in [2.45, 2.75) is 30.9 Å². The molecular weight excluding hydrogens is 410 g/mol. The molecule has 4 aromatic rings. The van der Waals surface area contributed by atoms with E-state index >= 15 is 0 Å². The number of fused-ring (bicyclic) bond motifs is 1. The van der Waals surface area contributed by atoms with Crippen molar-refractivity contribution in [2.75, 3.05) is 0 Å². The zero-order valence-electron chi connectivity index (χ0n) is 15.8. The Kier molecular flexibility index (Phi) is 5.60. The number of Topliss-reactive ketones (excluding diaryl/α,β-unsaturated/α-hetero) is 1. The molecule has 0 saturated heterocycles. The van der Waals surface area contributed by atoms with Crippen LogP contribution in [0.3, 0.4) is 0 Å². The fraction of sp³-hybridized carbons (Fsp3) is 0.190. The quantitative estimate of drug-likeness (QED) is 0.312. The Morgan fingerprint density at radius 3 is 2.79 bits per heavy atom. The molecule has 0 unspecified atom stereocenters. The summed E-state index contributed by atoms with van der Waals surface area (Å²) in [4.78, 5) is 16.3. The summed E-state index contributed by atoms with van der Waals surface area (Å²) in [5.74, 6) is 0.868. The summed E-state index contributed by atoms with van der Waals surface area (Å²) >= 11 is 7.29. The number of ether oxygens (including phenoxy) is 1. The number of aromatic amines is 1. The van der Waals surface area contributed by atoms with E-state index in [4.69, 9.17) is 20.8 Å². The molecule has 2 aromatic heterocycles. The molecule has 4 rings (SSSR count). The summed E-state index contributed by atoms with van der Waals surface area (Å²) in [5.41, 5.74) is 2.49. The molecule has 0 radical (unpaired) electrons. The maximum atomic E-state index is 13.0. The molecule has 0 fully saturated rings. The first kappa shape index (κ1) is 19.5. The second-order valence-corrected chi connectivity index (χ2v) is 8.17. The lowest BCUT2D eigenvalue weighted by Crippen LogP contribution is -2.14. The Bertz CT molecular complexity index is 1170. The third kappa shape index (κ3) is 4.16. The molecule has 2 heterocycles. The highest BCUT2D eigenvalue weighted by Gasteiger charge is 2.24. The Morgan fingerprint density at radius 2 is 1.97 bits per heavy atom. The number of para-hydroxylation sites is 2. The third-order valence-corrected chi connectivity index (χ3v) is 5.67. The first-order valence-electron chi connectivity index (χ1n) is 9.01. The maximum Gasteiger partial charge on any atom is 0.277 e. The molecule has 0 aliphatic rings. The van der Waals surface area contributed by atoms with Crippen LogP contribution in [0, 0.1) is 6.92 Å². The second-order valence-electron chi connectivity index (χ2n) is 6.48. The van der Waals surface area contributed by atoms with Gasteiger partial charge in [-0.2, -0.15) is 0 Å². The highest BCUT2D eigenvalue weighted by molar-refractivity contribution is 8.00. The molecule has 0 aliphatic heterocycles. The van der Waals surface area contributed by atoms with E-state index in [9.17, 15) is 4.79 Å². The van der Waals surface area contributed by atoms with Gasteiger partial charge in [-0.05, 0) is 32.0 Å². The summed E-state index contributed by atoms with van der Waals surface area (Å²) < 4.78 is 11.2. The largest absolute Gasteiger partial charge is 0.482 e. The monoisotopic (exact) mass is 427 g/mol. The van der Waals surface area contributed by atoms with E-state index in [1.807, 2.05) is 50.2 Å². The van der Waals surface area contributed by atoms with Gasteiger partial charge in [0, 0.05) is 22.2 Å². The summed E-state index contributed by atoms with van der Waals surface area (Å²) in [5, 5.41) is 9.36. The topological polar surface area (TPSA) is 81.0 Å². The Hall–Kier alpha value is -2.77. The highest BCUT2D eigenvalue weighted by atomic mass is 35.5. The van der Waals surface area contributed by atoms with Gasteiger partial charge in [-0.25, -0.2) is 0 Å². The summed E-state index contributed by atoms with van der Waals surface area (Å²) in [7, 11) is 0. The van der Waals surface area contributed by atoms with E-state index in [0.717, 1.165) is 16.6 Å². The summed E-state index contributed by atoms with van der Waals surface area (Å²) in [6, 6.07) is 14.9. The standard InChI is InChI=1S/C21H18ClN3O3S/c1-12-19(14-7-3-5-9-16(14)23-12)20(26)13(2)29-21-25-24-18(28-21)11-27-17-10-6-4-8-15(17)22/h3-10,13,23H,11H2,1-2H3/t13-/m1/s1. The van der Waals surface area contributed by atoms with Crippen molar-refractivity contribution in [3.8, 4) is 5.75 Å². The van der Waals surface area contributed by atoms with Gasteiger partial charge in [-0.1, -0.05) is 53.7 Å². The van der Waals surface area contributed by atoms with Gasteiger partial charge in [-0.3, -0.25) is 4.79 Å². The number of aromatic nitrogens is 3. The van der Waals surface area contributed by atoms with Crippen LogP contribution in [0.2, 0.25) is 5.02 Å². The van der Waals surface area contributed by atoms with Crippen molar-refractivity contribution in [1.29, 1.82) is 0 Å². The third-order valence-electron chi connectivity index (χ3n) is 4.42. The van der Waals surface area contributed by atoms with Crippen LogP contribution in [0.15, 0.2) is 58.2 Å². The molecule has 8 heteroatoms. The van der Waals surface area contributed by atoms with Gasteiger partial charge in [0.25, 0.3) is 11.1 Å². The minimum absolute atomic E-state index is 0.0111. The van der Waals surface area contributed by atoms with Gasteiger partial charge < -0.3 is 14.1 Å². The van der Waals surface area contributed by atoms with Crippen LogP contribution >= 0.6 is 23.4 Å². The normalized spacial score (nSPS) is 12.2. The van der Waals surface area contributed by atoms with E-state index < -0.39 is 0 Å². The molecule has 29 heavy (non-hydrogen) atoms. The van der Waals surface area contributed by atoms with E-state index in [1.54, 1.807) is 12.1 Å². The van der Waals surface area contributed by atoms with Gasteiger partial charge in [0.1, 0.15) is 5.75 Å². The molecule has 2 aromatic carbocycles. The van der Waals surface area contributed by atoms with E-state index in [2.05, 4.69) is 15.2 Å². The summed E-state index contributed by atoms with van der Waals surface area (Å²) in [6.07, 6.45) is 0. The molecule has 0 amide bonds. The molecular formula is C21H18ClN3O3S. The average molecular weight is 428 g/mol. The predicted octanol–water partition coefficient (Wildman–Crippen LogP) is 5.46. The smallest absolute Gasteiger partial charge is 0.277 e. The number of thioether (sulfide) groups is 1. The number of aryl methyl sites for hydroxylation is 1. The Balaban J connectivity index is 1.43. The predicted molar refractivity (Wildman–Crippen MR) is 113 cm³/mol. The number of hydrogen-bond acceptors (Lipinski definition) is 6. The van der Waals surface area contributed by atoms with Crippen molar-refractivity contribution in [3.05, 3.63) is 70.7 Å². The Morgan fingerprint density at radius 1 is 1.21 bits per heavy atom. The molecule has 6 nitrogen and oxygen atoms in total. The number of rotatable bonds is 7. The van der Waals surface area contributed by atoms with Crippen molar-refractivity contribution in [2.24, 2.45) is 0 Å². The number of nitrogens with one attached hydrogen (secondary N) is 1. The molecule has 1 atom stereocenters. The number of carbonyl (C=O) groups excluding carboxylic acids is 1. The number of H-pyrrole nitrogens is 1. The zero-order chi connectivity index (χ0) is 20.4. The fourth-order valence-electron chi connectivity index (χ4n) is 3.05. The fourth-order valence-corrected chi connectivity index (χ4v) is 4.00. The Labute approximate surface area is 176 Å². The zero-order valence-corrected chi connectivity index (χ0v) is 17.4. The number of benzene rings is 2. The van der Waals surface area contributed by atoms with Gasteiger partial charge in [0.05, 0.1) is 10.3 Å².